The van der Waals surface area contributed by atoms with Gasteiger partial charge >= 0.3 is 6.09 Å². The third kappa shape index (κ3) is 3.29. The molecular weight excluding hydrogens is 190 g/mol. The highest BCUT2D eigenvalue weighted by atomic mass is 32.1. The lowest BCUT2D eigenvalue weighted by atomic mass is 10.5. The standard InChI is InChI=1S/C7H11N3O2S/c1-2-12-7(11)9-3-5-4-13-6(8)10-5/h4H,2-3H2,1H3,(H2,8,10)(H,9,11). The van der Waals surface area contributed by atoms with Gasteiger partial charge in [0.25, 0.3) is 0 Å². The number of ether oxygens (including phenoxy) is 1. The van der Waals surface area contributed by atoms with Crippen LogP contribution in [0.4, 0.5) is 9.93 Å². The number of nitrogens with two attached hydrogens (primary N) is 1. The largest absolute Gasteiger partial charge is 0.450 e. The molecule has 0 aliphatic heterocycles. The maximum absolute atomic E-state index is 10.8. The monoisotopic (exact) mass is 201 g/mol. The molecule has 0 unspecified atom stereocenters. The van der Waals surface area contributed by atoms with Gasteiger partial charge in [-0.15, -0.1) is 11.3 Å². The Morgan fingerprint density at radius 1 is 1.85 bits per heavy atom. The number of nitrogen functional groups attached to an aromatic ring is 1. The molecule has 0 saturated heterocycles. The minimum atomic E-state index is -0.436. The van der Waals surface area contributed by atoms with Crippen LogP contribution in [0.2, 0.25) is 0 Å². The molecule has 0 atom stereocenters. The molecule has 0 aliphatic rings. The summed E-state index contributed by atoms with van der Waals surface area (Å²) in [5.41, 5.74) is 6.15. The van der Waals surface area contributed by atoms with Gasteiger partial charge in [0, 0.05) is 5.38 Å². The zero-order chi connectivity index (χ0) is 9.68. The predicted molar refractivity (Wildman–Crippen MR) is 50.4 cm³/mol. The number of thiazole rings is 1. The topological polar surface area (TPSA) is 77.2 Å². The van der Waals surface area contributed by atoms with Crippen LogP contribution >= 0.6 is 11.3 Å². The van der Waals surface area contributed by atoms with E-state index in [1.807, 2.05) is 0 Å². The van der Waals surface area contributed by atoms with Crippen LogP contribution in [0.15, 0.2) is 5.38 Å². The minimum absolute atomic E-state index is 0.354. The van der Waals surface area contributed by atoms with Crippen LogP contribution in [0.5, 0.6) is 0 Å². The molecule has 0 radical (unpaired) electrons. The average molecular weight is 201 g/mol. The van der Waals surface area contributed by atoms with Gasteiger partial charge in [0.05, 0.1) is 18.8 Å². The number of carbonyl (C=O) groups excluding carboxylic acids is 1. The lowest BCUT2D eigenvalue weighted by molar-refractivity contribution is 0.151. The summed E-state index contributed by atoms with van der Waals surface area (Å²) >= 11 is 1.34. The second kappa shape index (κ2) is 4.66. The fourth-order valence-corrected chi connectivity index (χ4v) is 1.31. The Bertz CT molecular complexity index is 287. The summed E-state index contributed by atoms with van der Waals surface area (Å²) in [6, 6.07) is 0. The van der Waals surface area contributed by atoms with Gasteiger partial charge in [0.15, 0.2) is 5.13 Å². The van der Waals surface area contributed by atoms with Crippen LogP contribution in [-0.4, -0.2) is 17.7 Å². The summed E-state index contributed by atoms with van der Waals surface area (Å²) in [4.78, 5) is 14.8. The summed E-state index contributed by atoms with van der Waals surface area (Å²) in [5, 5.41) is 4.83. The Morgan fingerprint density at radius 3 is 3.15 bits per heavy atom. The van der Waals surface area contributed by atoms with Crippen molar-refractivity contribution >= 4 is 22.6 Å². The van der Waals surface area contributed by atoms with Gasteiger partial charge in [-0.1, -0.05) is 0 Å². The molecule has 3 N–H and O–H groups in total. The first kappa shape index (κ1) is 9.79. The molecule has 0 saturated carbocycles. The van der Waals surface area contributed by atoms with Gasteiger partial charge in [-0.2, -0.15) is 0 Å². The van der Waals surface area contributed by atoms with Gasteiger partial charge in [0.1, 0.15) is 0 Å². The number of anilines is 1. The lowest BCUT2D eigenvalue weighted by Gasteiger charge is -2.01. The molecule has 1 aromatic rings. The number of aromatic nitrogens is 1. The molecule has 1 aromatic heterocycles. The molecule has 72 valence electrons. The molecule has 0 aromatic carbocycles. The van der Waals surface area contributed by atoms with Crippen molar-refractivity contribution in [2.45, 2.75) is 13.5 Å². The Labute approximate surface area is 79.9 Å². The van der Waals surface area contributed by atoms with E-state index in [-0.39, 0.29) is 0 Å². The smallest absolute Gasteiger partial charge is 0.407 e. The fraction of sp³-hybridized carbons (Fsp3) is 0.429. The average Bonchev–Trinajstić information content (AvgIpc) is 2.49. The second-order valence-electron chi connectivity index (χ2n) is 2.25. The van der Waals surface area contributed by atoms with E-state index in [0.29, 0.717) is 18.3 Å². The van der Waals surface area contributed by atoms with Crippen LogP contribution < -0.4 is 11.1 Å². The summed E-state index contributed by atoms with van der Waals surface area (Å²) in [5.74, 6) is 0. The molecule has 1 heterocycles. The maximum Gasteiger partial charge on any atom is 0.407 e. The van der Waals surface area contributed by atoms with E-state index >= 15 is 0 Å². The lowest BCUT2D eigenvalue weighted by Crippen LogP contribution is -2.23. The number of hydrogen-bond acceptors (Lipinski definition) is 5. The zero-order valence-corrected chi connectivity index (χ0v) is 8.06. The van der Waals surface area contributed by atoms with E-state index < -0.39 is 6.09 Å². The highest BCUT2D eigenvalue weighted by Gasteiger charge is 2.02. The quantitative estimate of drug-likeness (QED) is 0.764. The van der Waals surface area contributed by atoms with E-state index in [1.165, 1.54) is 11.3 Å². The fourth-order valence-electron chi connectivity index (χ4n) is 0.749. The number of amides is 1. The van der Waals surface area contributed by atoms with Crippen molar-refractivity contribution in [3.8, 4) is 0 Å². The zero-order valence-electron chi connectivity index (χ0n) is 7.24. The molecule has 6 heteroatoms. The Morgan fingerprint density at radius 2 is 2.62 bits per heavy atom. The van der Waals surface area contributed by atoms with Gasteiger partial charge < -0.3 is 15.8 Å². The van der Waals surface area contributed by atoms with Crippen molar-refractivity contribution in [2.75, 3.05) is 12.3 Å². The first-order valence-electron chi connectivity index (χ1n) is 3.83. The van der Waals surface area contributed by atoms with E-state index in [1.54, 1.807) is 12.3 Å². The molecule has 0 fully saturated rings. The first-order valence-corrected chi connectivity index (χ1v) is 4.71. The van der Waals surface area contributed by atoms with Crippen molar-refractivity contribution in [1.29, 1.82) is 0 Å². The maximum atomic E-state index is 10.8. The molecule has 1 rings (SSSR count). The summed E-state index contributed by atoms with van der Waals surface area (Å²) in [7, 11) is 0. The number of carbonyl (C=O) groups is 1. The van der Waals surface area contributed by atoms with Crippen molar-refractivity contribution in [3.63, 3.8) is 0 Å². The number of nitrogens with zero attached hydrogens (tertiary/aromatic N) is 1. The second-order valence-corrected chi connectivity index (χ2v) is 3.14. The molecule has 13 heavy (non-hydrogen) atoms. The highest BCUT2D eigenvalue weighted by Crippen LogP contribution is 2.10. The molecule has 0 spiro atoms. The van der Waals surface area contributed by atoms with Crippen molar-refractivity contribution in [3.05, 3.63) is 11.1 Å². The summed E-state index contributed by atoms with van der Waals surface area (Å²) in [6.45, 7) is 2.47. The van der Waals surface area contributed by atoms with Crippen molar-refractivity contribution < 1.29 is 9.53 Å². The van der Waals surface area contributed by atoms with Crippen LogP contribution in [-0.2, 0) is 11.3 Å². The van der Waals surface area contributed by atoms with Crippen LogP contribution in [0, 0.1) is 0 Å². The normalized spacial score (nSPS) is 9.62. The third-order valence-corrected chi connectivity index (χ3v) is 1.98. The van der Waals surface area contributed by atoms with E-state index in [0.717, 1.165) is 5.69 Å². The SMILES string of the molecule is CCOC(=O)NCc1csc(N)n1. The summed E-state index contributed by atoms with van der Waals surface area (Å²) < 4.78 is 4.66. The summed E-state index contributed by atoms with van der Waals surface area (Å²) in [6.07, 6.45) is -0.436. The number of nitrogens with one attached hydrogen (secondary N) is 1. The molecule has 0 aliphatic carbocycles. The van der Waals surface area contributed by atoms with Gasteiger partial charge in [0.2, 0.25) is 0 Å². The number of hydrogen-bond donors (Lipinski definition) is 2. The van der Waals surface area contributed by atoms with Gasteiger partial charge in [-0.25, -0.2) is 9.78 Å². The van der Waals surface area contributed by atoms with Crippen LogP contribution in [0.3, 0.4) is 0 Å². The third-order valence-electron chi connectivity index (χ3n) is 1.26. The first-order chi connectivity index (χ1) is 6.22. The van der Waals surface area contributed by atoms with Gasteiger partial charge in [-0.05, 0) is 6.92 Å². The van der Waals surface area contributed by atoms with Gasteiger partial charge in [-0.3, -0.25) is 0 Å². The molecule has 5 nitrogen and oxygen atoms in total. The molecular formula is C7H11N3O2S. The minimum Gasteiger partial charge on any atom is -0.450 e. The molecule has 0 bridgehead atoms. The predicted octanol–water partition coefficient (Wildman–Crippen LogP) is 0.971. The van der Waals surface area contributed by atoms with E-state index in [4.69, 9.17) is 5.73 Å². The highest BCUT2D eigenvalue weighted by molar-refractivity contribution is 7.13. The van der Waals surface area contributed by atoms with Crippen LogP contribution in [0.25, 0.3) is 0 Å². The van der Waals surface area contributed by atoms with Crippen molar-refractivity contribution in [1.82, 2.24) is 10.3 Å². The van der Waals surface area contributed by atoms with Crippen molar-refractivity contribution in [2.24, 2.45) is 0 Å². The number of alkyl carbamates (subject to hydrolysis) is 1. The molecule has 1 amide bonds. The van der Waals surface area contributed by atoms with Crippen LogP contribution in [0.1, 0.15) is 12.6 Å². The van der Waals surface area contributed by atoms with E-state index in [9.17, 15) is 4.79 Å². The Balaban J connectivity index is 2.30. The number of rotatable bonds is 3. The Hall–Kier alpha value is -1.30. The Kier molecular flexibility index (Phi) is 3.51. The van der Waals surface area contributed by atoms with E-state index in [2.05, 4.69) is 15.0 Å².